The van der Waals surface area contributed by atoms with Crippen LogP contribution in [0.25, 0.3) is 0 Å². The van der Waals surface area contributed by atoms with Gasteiger partial charge in [-0.05, 0) is 60.0 Å². The quantitative estimate of drug-likeness (QED) is 0.206. The first-order chi connectivity index (χ1) is 10.1. The van der Waals surface area contributed by atoms with Gasteiger partial charge in [-0.25, -0.2) is 0 Å². The molecule has 0 aromatic heterocycles. The van der Waals surface area contributed by atoms with Crippen LogP contribution in [0.2, 0.25) is 0 Å². The molecule has 0 saturated heterocycles. The standard InChI is InChI=1S/C8H18ClP.C5H12.C4H10ClP.2ClH.Pd/c1-7(2,3)10(9)8(4,5)6;1-5(2,3)4;1-4(2,3)6-5;;;/h1-6H3;1-4H3;6H,1-3H3;2*1H;/q;;;;;+2/p-1. The van der Waals surface area contributed by atoms with E-state index in [0.29, 0.717) is 28.8 Å². The molecular weight excluding hydrogens is 514 g/mol. The Balaban J connectivity index is -0.000000123. The van der Waals surface area contributed by atoms with Crippen LogP contribution in [0.15, 0.2) is 0 Å². The molecule has 0 N–H and O–H groups in total. The molecule has 0 aliphatic heterocycles. The Morgan fingerprint density at radius 2 is 0.792 bits per heavy atom. The minimum atomic E-state index is -0.748. The van der Waals surface area contributed by atoms with E-state index in [-0.39, 0.29) is 15.9 Å². The molecule has 7 heteroatoms. The number of hydrogen-bond acceptors (Lipinski definition) is 0. The minimum absolute atomic E-state index is 0.106. The van der Waals surface area contributed by atoms with E-state index in [1.807, 2.05) is 0 Å². The van der Waals surface area contributed by atoms with Crippen LogP contribution in [-0.4, -0.2) is 15.5 Å². The molecule has 0 aromatic carbocycles. The summed E-state index contributed by atoms with van der Waals surface area (Å²) in [5, 5.41) is 0.955. The maximum absolute atomic E-state index is 6.33. The van der Waals surface area contributed by atoms with Crippen LogP contribution in [0, 0.1) is 5.41 Å². The van der Waals surface area contributed by atoms with Crippen molar-refractivity contribution in [2.45, 2.75) is 105 Å². The van der Waals surface area contributed by atoms with E-state index >= 15 is 0 Å². The zero-order valence-electron chi connectivity index (χ0n) is 17.8. The predicted molar refractivity (Wildman–Crippen MR) is 124 cm³/mol. The zero-order chi connectivity index (χ0) is 21.0. The Morgan fingerprint density at radius 1 is 0.667 bits per heavy atom. The summed E-state index contributed by atoms with van der Waals surface area (Å²) in [6, 6.07) is 0. The zero-order valence-corrected chi connectivity index (χ0v) is 24.4. The van der Waals surface area contributed by atoms with Gasteiger partial charge in [-0.2, -0.15) is 0 Å². The van der Waals surface area contributed by atoms with Crippen molar-refractivity contribution in [3.8, 4) is 0 Å². The predicted octanol–water partition coefficient (Wildman–Crippen LogP) is 10.00. The molecule has 24 heavy (non-hydrogen) atoms. The van der Waals surface area contributed by atoms with Gasteiger partial charge in [0.2, 0.25) is 0 Å². The Kier molecular flexibility index (Phi) is 22.2. The molecule has 0 aliphatic carbocycles. The maximum atomic E-state index is 6.33. The van der Waals surface area contributed by atoms with Gasteiger partial charge in [0.25, 0.3) is 0 Å². The third kappa shape index (κ3) is 44.3. The molecule has 1 unspecified atom stereocenters. The number of hydrogen-bond donors (Lipinski definition) is 0. The van der Waals surface area contributed by atoms with Crippen molar-refractivity contribution in [2.75, 3.05) is 0 Å². The fraction of sp³-hybridized carbons (Fsp3) is 1.00. The first-order valence-electron chi connectivity index (χ1n) is 7.87. The second-order valence-electron chi connectivity index (χ2n) is 10.2. The second kappa shape index (κ2) is 15.6. The molecule has 0 aliphatic rings. The number of rotatable bonds is 0. The first kappa shape index (κ1) is 34.2. The van der Waals surface area contributed by atoms with Gasteiger partial charge in [0.15, 0.2) is 0 Å². The van der Waals surface area contributed by atoms with Gasteiger partial charge in [0, 0.05) is 0 Å². The normalized spacial score (nSPS) is 12.9. The molecule has 0 bridgehead atoms. The average molecular weight is 556 g/mol. The van der Waals surface area contributed by atoms with Crippen LogP contribution >= 0.6 is 56.7 Å². The van der Waals surface area contributed by atoms with Crippen LogP contribution in [0.5, 0.6) is 0 Å². The average Bonchev–Trinajstić information content (AvgIpc) is 2.24. The van der Waals surface area contributed by atoms with Gasteiger partial charge >= 0.3 is 35.0 Å². The summed E-state index contributed by atoms with van der Waals surface area (Å²) >= 11 is 11.7. The van der Waals surface area contributed by atoms with Crippen molar-refractivity contribution >= 4 is 56.7 Å². The van der Waals surface area contributed by atoms with E-state index in [4.69, 9.17) is 41.5 Å². The van der Waals surface area contributed by atoms with Gasteiger partial charge < -0.3 is 0 Å². The Morgan fingerprint density at radius 3 is 0.792 bits per heavy atom. The molecule has 0 rings (SSSR count). The first-order valence-corrected chi connectivity index (χ1v) is 16.4. The van der Waals surface area contributed by atoms with Crippen molar-refractivity contribution in [1.29, 1.82) is 0 Å². The van der Waals surface area contributed by atoms with E-state index in [1.54, 1.807) is 0 Å². The molecule has 1 atom stereocenters. The molecule has 0 heterocycles. The van der Waals surface area contributed by atoms with Crippen molar-refractivity contribution in [3.63, 3.8) is 0 Å². The van der Waals surface area contributed by atoms with Gasteiger partial charge in [-0.1, -0.05) is 59.7 Å². The van der Waals surface area contributed by atoms with E-state index in [1.165, 1.54) is 0 Å². The molecular formula is C17H41Cl4P2Pd+. The summed E-state index contributed by atoms with van der Waals surface area (Å²) in [5.41, 5.74) is 0.500. The topological polar surface area (TPSA) is 0 Å². The van der Waals surface area contributed by atoms with Gasteiger partial charge in [0.1, 0.15) is 7.27 Å². The molecule has 0 nitrogen and oxygen atoms in total. The summed E-state index contributed by atoms with van der Waals surface area (Å²) in [5.74, 6) is 0. The van der Waals surface area contributed by atoms with Crippen molar-refractivity contribution < 1.29 is 15.9 Å². The molecule has 0 spiro atoms. The summed E-state index contributed by atoms with van der Waals surface area (Å²) in [6.45, 7) is 28.5. The molecule has 0 amide bonds. The summed E-state index contributed by atoms with van der Waals surface area (Å²) in [4.78, 5) is 0. The third-order valence-corrected chi connectivity index (χ3v) is 9.90. The monoisotopic (exact) mass is 553 g/mol. The van der Waals surface area contributed by atoms with E-state index in [2.05, 4.69) is 90.0 Å². The SMILES string of the molecule is CC(C)(C)C.CC(C)(C)PCl.CC(C)(C)[PH+](Cl)C(C)(C)C.[Cl][Pd][Cl]. The molecule has 0 aromatic rings. The van der Waals surface area contributed by atoms with Crippen LogP contribution in [0.4, 0.5) is 0 Å². The van der Waals surface area contributed by atoms with Crippen molar-refractivity contribution in [2.24, 2.45) is 5.41 Å². The summed E-state index contributed by atoms with van der Waals surface area (Å²) < 4.78 is 0. The molecule has 0 fully saturated rings. The molecule has 0 saturated carbocycles. The number of halogens is 4. The Hall–Kier alpha value is 2.68. The van der Waals surface area contributed by atoms with Crippen molar-refractivity contribution in [3.05, 3.63) is 0 Å². The molecule has 156 valence electrons. The van der Waals surface area contributed by atoms with Gasteiger partial charge in [-0.15, -0.1) is 0 Å². The van der Waals surface area contributed by atoms with Crippen LogP contribution in [0.1, 0.15) is 90.0 Å². The second-order valence-corrected chi connectivity index (χ2v) is 19.6. The van der Waals surface area contributed by atoms with E-state index in [9.17, 15) is 0 Å². The van der Waals surface area contributed by atoms with E-state index < -0.39 is 7.27 Å². The molecule has 0 radical (unpaired) electrons. The van der Waals surface area contributed by atoms with Crippen LogP contribution in [-0.2, 0) is 15.9 Å². The van der Waals surface area contributed by atoms with Crippen LogP contribution in [0.3, 0.4) is 0 Å². The van der Waals surface area contributed by atoms with E-state index in [0.717, 1.165) is 0 Å². The summed E-state index contributed by atoms with van der Waals surface area (Å²) in [7, 11) is 9.42. The Labute approximate surface area is 182 Å². The third-order valence-electron chi connectivity index (χ3n) is 1.60. The summed E-state index contributed by atoms with van der Waals surface area (Å²) in [6.07, 6.45) is 0. The fourth-order valence-corrected chi connectivity index (χ4v) is 3.38. The van der Waals surface area contributed by atoms with Gasteiger partial charge in [0.05, 0.1) is 21.6 Å². The Bertz CT molecular complexity index is 254. The van der Waals surface area contributed by atoms with Crippen molar-refractivity contribution in [1.82, 2.24) is 0 Å². The van der Waals surface area contributed by atoms with Crippen LogP contribution < -0.4 is 0 Å². The van der Waals surface area contributed by atoms with Gasteiger partial charge in [-0.3, -0.25) is 0 Å². The fourth-order valence-electron chi connectivity index (χ4n) is 1.12.